The Kier molecular flexibility index (Phi) is 5.56. The first-order valence-corrected chi connectivity index (χ1v) is 8.94. The number of nitrogens with zero attached hydrogens (tertiary/aromatic N) is 1. The van der Waals surface area contributed by atoms with Gasteiger partial charge < -0.3 is 15.0 Å². The maximum atomic E-state index is 12.4. The summed E-state index contributed by atoms with van der Waals surface area (Å²) in [5.41, 5.74) is 0.571. The van der Waals surface area contributed by atoms with Crippen molar-refractivity contribution in [1.82, 2.24) is 4.90 Å². The summed E-state index contributed by atoms with van der Waals surface area (Å²) < 4.78 is 5.72. The molecule has 5 nitrogen and oxygen atoms in total. The van der Waals surface area contributed by atoms with E-state index < -0.39 is 11.8 Å². The zero-order chi connectivity index (χ0) is 18.5. The van der Waals surface area contributed by atoms with Crippen molar-refractivity contribution < 1.29 is 14.3 Å². The molecular formula is C21H24N2O3. The number of likely N-dealkylation sites (tertiary alicyclic amines) is 1. The van der Waals surface area contributed by atoms with E-state index in [9.17, 15) is 9.59 Å². The van der Waals surface area contributed by atoms with E-state index in [1.807, 2.05) is 30.3 Å². The summed E-state index contributed by atoms with van der Waals surface area (Å²) in [7, 11) is 0. The van der Waals surface area contributed by atoms with Gasteiger partial charge in [0.2, 0.25) is 0 Å². The molecule has 2 unspecified atom stereocenters. The van der Waals surface area contributed by atoms with Crippen LogP contribution in [0.1, 0.15) is 20.3 Å². The Labute approximate surface area is 154 Å². The van der Waals surface area contributed by atoms with Crippen LogP contribution in [0.15, 0.2) is 54.6 Å². The normalized spacial score (nSPS) is 19.7. The summed E-state index contributed by atoms with van der Waals surface area (Å²) in [6, 6.07) is 16.4. The summed E-state index contributed by atoms with van der Waals surface area (Å²) >= 11 is 0. The fourth-order valence-corrected chi connectivity index (χ4v) is 3.39. The van der Waals surface area contributed by atoms with E-state index in [1.165, 1.54) is 0 Å². The quantitative estimate of drug-likeness (QED) is 0.852. The molecule has 0 bridgehead atoms. The van der Waals surface area contributed by atoms with E-state index in [2.05, 4.69) is 19.2 Å². The van der Waals surface area contributed by atoms with Gasteiger partial charge in [0, 0.05) is 18.8 Å². The number of amides is 2. The maximum Gasteiger partial charge on any atom is 0.313 e. The predicted octanol–water partition coefficient (Wildman–Crippen LogP) is 3.92. The standard InChI is InChI=1S/C21H24N2O3/c1-15-12-16(2)14-23(13-15)21(25)20(24)22-17-8-10-19(11-9-17)26-18-6-4-3-5-7-18/h3-11,15-16H,12-14H2,1-2H3,(H,22,24). The molecule has 0 spiro atoms. The number of carbonyl (C=O) groups excluding carboxylic acids is 2. The largest absolute Gasteiger partial charge is 0.457 e. The number of hydrogen-bond acceptors (Lipinski definition) is 3. The van der Waals surface area contributed by atoms with Crippen molar-refractivity contribution in [3.8, 4) is 11.5 Å². The molecule has 2 atom stereocenters. The first-order chi connectivity index (χ1) is 12.5. The lowest BCUT2D eigenvalue weighted by atomic mass is 9.92. The van der Waals surface area contributed by atoms with Crippen LogP contribution in [0.5, 0.6) is 11.5 Å². The van der Waals surface area contributed by atoms with Gasteiger partial charge in [-0.1, -0.05) is 32.0 Å². The molecule has 1 aliphatic heterocycles. The topological polar surface area (TPSA) is 58.6 Å². The molecule has 0 aliphatic carbocycles. The van der Waals surface area contributed by atoms with Crippen molar-refractivity contribution in [3.63, 3.8) is 0 Å². The lowest BCUT2D eigenvalue weighted by molar-refractivity contribution is -0.144. The lowest BCUT2D eigenvalue weighted by Gasteiger charge is -2.34. The van der Waals surface area contributed by atoms with Gasteiger partial charge in [-0.2, -0.15) is 0 Å². The van der Waals surface area contributed by atoms with Gasteiger partial charge in [0.25, 0.3) is 0 Å². The van der Waals surface area contributed by atoms with Crippen molar-refractivity contribution in [2.24, 2.45) is 11.8 Å². The average molecular weight is 352 g/mol. The number of ether oxygens (including phenoxy) is 1. The molecule has 0 saturated carbocycles. The van der Waals surface area contributed by atoms with Crippen LogP contribution < -0.4 is 10.1 Å². The van der Waals surface area contributed by atoms with Crippen LogP contribution in [0, 0.1) is 11.8 Å². The van der Waals surface area contributed by atoms with Gasteiger partial charge in [0.05, 0.1) is 0 Å². The first kappa shape index (κ1) is 18.0. The fourth-order valence-electron chi connectivity index (χ4n) is 3.39. The molecule has 2 aromatic carbocycles. The average Bonchev–Trinajstić information content (AvgIpc) is 2.63. The third-order valence-electron chi connectivity index (χ3n) is 4.44. The maximum absolute atomic E-state index is 12.4. The summed E-state index contributed by atoms with van der Waals surface area (Å²) in [6.45, 7) is 5.50. The number of carbonyl (C=O) groups is 2. The van der Waals surface area contributed by atoms with Crippen molar-refractivity contribution >= 4 is 17.5 Å². The van der Waals surface area contributed by atoms with Gasteiger partial charge in [0.1, 0.15) is 11.5 Å². The molecule has 136 valence electrons. The second-order valence-corrected chi connectivity index (χ2v) is 7.05. The summed E-state index contributed by atoms with van der Waals surface area (Å²) in [6.07, 6.45) is 1.09. The molecule has 1 fully saturated rings. The minimum absolute atomic E-state index is 0.421. The molecule has 3 rings (SSSR count). The van der Waals surface area contributed by atoms with Crippen LogP contribution in [0.25, 0.3) is 0 Å². The van der Waals surface area contributed by atoms with Crippen LogP contribution in [-0.4, -0.2) is 29.8 Å². The summed E-state index contributed by atoms with van der Waals surface area (Å²) in [5, 5.41) is 2.67. The third kappa shape index (κ3) is 4.63. The number of nitrogens with one attached hydrogen (secondary N) is 1. The Morgan fingerprint density at radius 3 is 2.12 bits per heavy atom. The van der Waals surface area contributed by atoms with Crippen molar-refractivity contribution in [1.29, 1.82) is 0 Å². The van der Waals surface area contributed by atoms with Crippen LogP contribution in [-0.2, 0) is 9.59 Å². The smallest absolute Gasteiger partial charge is 0.313 e. The van der Waals surface area contributed by atoms with Gasteiger partial charge >= 0.3 is 11.8 Å². The second kappa shape index (κ2) is 8.04. The molecule has 1 saturated heterocycles. The number of anilines is 1. The highest BCUT2D eigenvalue weighted by Gasteiger charge is 2.29. The van der Waals surface area contributed by atoms with Crippen LogP contribution in [0.2, 0.25) is 0 Å². The monoisotopic (exact) mass is 352 g/mol. The number of piperidine rings is 1. The minimum Gasteiger partial charge on any atom is -0.457 e. The van der Waals surface area contributed by atoms with Crippen LogP contribution >= 0.6 is 0 Å². The molecule has 26 heavy (non-hydrogen) atoms. The predicted molar refractivity (Wildman–Crippen MR) is 101 cm³/mol. The van der Waals surface area contributed by atoms with E-state index in [0.717, 1.165) is 12.2 Å². The van der Waals surface area contributed by atoms with E-state index in [4.69, 9.17) is 4.74 Å². The molecule has 5 heteroatoms. The second-order valence-electron chi connectivity index (χ2n) is 7.05. The van der Waals surface area contributed by atoms with Crippen molar-refractivity contribution in [2.75, 3.05) is 18.4 Å². The Balaban J connectivity index is 1.58. The van der Waals surface area contributed by atoms with Gasteiger partial charge in [-0.3, -0.25) is 9.59 Å². The molecule has 0 aromatic heterocycles. The van der Waals surface area contributed by atoms with Crippen molar-refractivity contribution in [3.05, 3.63) is 54.6 Å². The minimum atomic E-state index is -0.594. The zero-order valence-corrected chi connectivity index (χ0v) is 15.1. The lowest BCUT2D eigenvalue weighted by Crippen LogP contribution is -2.47. The van der Waals surface area contributed by atoms with E-state index in [1.54, 1.807) is 29.2 Å². The zero-order valence-electron chi connectivity index (χ0n) is 15.1. The van der Waals surface area contributed by atoms with Crippen LogP contribution in [0.3, 0.4) is 0 Å². The van der Waals surface area contributed by atoms with E-state index in [0.29, 0.717) is 36.4 Å². The highest BCUT2D eigenvalue weighted by atomic mass is 16.5. The highest BCUT2D eigenvalue weighted by Crippen LogP contribution is 2.23. The summed E-state index contributed by atoms with van der Waals surface area (Å²) in [5.74, 6) is 1.19. The molecule has 1 heterocycles. The molecule has 1 N–H and O–H groups in total. The Hall–Kier alpha value is -2.82. The molecule has 2 aromatic rings. The Bertz CT molecular complexity index is 749. The highest BCUT2D eigenvalue weighted by molar-refractivity contribution is 6.39. The Morgan fingerprint density at radius 2 is 1.50 bits per heavy atom. The summed E-state index contributed by atoms with van der Waals surface area (Å²) in [4.78, 5) is 26.3. The number of benzene rings is 2. The number of hydrogen-bond donors (Lipinski definition) is 1. The molecule has 2 amide bonds. The number of para-hydroxylation sites is 1. The fraction of sp³-hybridized carbons (Fsp3) is 0.333. The molecule has 0 radical (unpaired) electrons. The van der Waals surface area contributed by atoms with Gasteiger partial charge in [-0.05, 0) is 54.7 Å². The van der Waals surface area contributed by atoms with Crippen molar-refractivity contribution in [2.45, 2.75) is 20.3 Å². The molecule has 1 aliphatic rings. The van der Waals surface area contributed by atoms with Gasteiger partial charge in [0.15, 0.2) is 0 Å². The third-order valence-corrected chi connectivity index (χ3v) is 4.44. The number of rotatable bonds is 3. The van der Waals surface area contributed by atoms with Crippen LogP contribution in [0.4, 0.5) is 5.69 Å². The first-order valence-electron chi connectivity index (χ1n) is 8.94. The van der Waals surface area contributed by atoms with Gasteiger partial charge in [-0.15, -0.1) is 0 Å². The SMILES string of the molecule is CC1CC(C)CN(C(=O)C(=O)Nc2ccc(Oc3ccccc3)cc2)C1. The van der Waals surface area contributed by atoms with E-state index in [-0.39, 0.29) is 0 Å². The van der Waals surface area contributed by atoms with Gasteiger partial charge in [-0.25, -0.2) is 0 Å². The Morgan fingerprint density at radius 1 is 0.923 bits per heavy atom. The van der Waals surface area contributed by atoms with E-state index >= 15 is 0 Å². The molecular weight excluding hydrogens is 328 g/mol.